The summed E-state index contributed by atoms with van der Waals surface area (Å²) < 4.78 is 26.3. The normalized spacial score (nSPS) is 34.0. The van der Waals surface area contributed by atoms with Crippen molar-refractivity contribution in [3.63, 3.8) is 0 Å². The highest BCUT2D eigenvalue weighted by Crippen LogP contribution is 2.00. The number of nitrogens with two attached hydrogens (primary N) is 1. The average molecular weight is 147 g/mol. The quantitative estimate of drug-likeness (QED) is 0.507. The summed E-state index contributed by atoms with van der Waals surface area (Å²) >= 11 is 0. The topological polar surface area (TPSA) is 55.6 Å². The number of morpholine rings is 1. The van der Waals surface area contributed by atoms with Crippen LogP contribution < -0.4 is 5.73 Å². The van der Waals surface area contributed by atoms with Crippen molar-refractivity contribution in [2.45, 2.75) is 6.10 Å². The van der Waals surface area contributed by atoms with Crippen LogP contribution in [0.25, 0.3) is 0 Å². The highest BCUT2D eigenvalue weighted by molar-refractivity contribution is 5.79. The zero-order chi connectivity index (χ0) is 10.1. The molecular weight excluding hydrogens is 132 g/mol. The smallest absolute Gasteiger partial charge is 0.247 e. The Kier molecular flexibility index (Phi) is 1.29. The van der Waals surface area contributed by atoms with E-state index < -0.39 is 19.0 Å². The lowest BCUT2D eigenvalue weighted by molar-refractivity contribution is -0.134. The predicted molar refractivity (Wildman–Crippen MR) is 36.4 cm³/mol. The summed E-state index contributed by atoms with van der Waals surface area (Å²) in [5.41, 5.74) is 5.00. The van der Waals surface area contributed by atoms with Gasteiger partial charge in [0.1, 0.15) is 6.10 Å². The van der Waals surface area contributed by atoms with E-state index in [1.807, 2.05) is 0 Å². The van der Waals surface area contributed by atoms with Crippen LogP contribution >= 0.6 is 0 Å². The van der Waals surface area contributed by atoms with Gasteiger partial charge in [0, 0.05) is 17.2 Å². The second-order valence-electron chi connectivity index (χ2n) is 2.21. The molecule has 0 aromatic rings. The maximum absolute atomic E-state index is 10.7. The van der Waals surface area contributed by atoms with Crippen molar-refractivity contribution in [1.29, 1.82) is 0 Å². The summed E-state index contributed by atoms with van der Waals surface area (Å²) in [7, 11) is 0. The van der Waals surface area contributed by atoms with E-state index in [0.29, 0.717) is 6.54 Å². The molecule has 4 heteroatoms. The van der Waals surface area contributed by atoms with Crippen LogP contribution in [0.4, 0.5) is 0 Å². The fourth-order valence-electron chi connectivity index (χ4n) is 0.821. The lowest BCUT2D eigenvalue weighted by Crippen LogP contribution is -2.46. The second-order valence-corrected chi connectivity index (χ2v) is 2.21. The molecule has 1 rings (SSSR count). The monoisotopic (exact) mass is 147 g/mol. The lowest BCUT2D eigenvalue weighted by Gasteiger charge is -2.27. The van der Waals surface area contributed by atoms with Crippen LogP contribution in [0.2, 0.25) is 0 Å². The molecule has 0 saturated carbocycles. The molecule has 1 aliphatic rings. The highest BCUT2D eigenvalue weighted by Gasteiger charge is 2.21. The molecule has 1 amide bonds. The molecule has 10 heavy (non-hydrogen) atoms. The highest BCUT2D eigenvalue weighted by atomic mass is 16.5. The molecule has 1 heterocycles. The third-order valence-electron chi connectivity index (χ3n) is 1.38. The van der Waals surface area contributed by atoms with E-state index in [1.54, 1.807) is 0 Å². The molecule has 1 atom stereocenters. The number of carbonyl (C=O) groups excluding carboxylic acids is 1. The van der Waals surface area contributed by atoms with Gasteiger partial charge < -0.3 is 15.4 Å². The molecular formula is C6H12N2O2. The molecule has 1 unspecified atom stereocenters. The Balaban J connectivity index is 2.57. The van der Waals surface area contributed by atoms with E-state index in [-0.39, 0.29) is 13.2 Å². The maximum Gasteiger partial charge on any atom is 0.247 e. The van der Waals surface area contributed by atoms with Gasteiger partial charge in [-0.1, -0.05) is 0 Å². The van der Waals surface area contributed by atoms with Crippen molar-refractivity contribution in [2.75, 3.05) is 26.7 Å². The molecule has 4 nitrogen and oxygen atoms in total. The van der Waals surface area contributed by atoms with Gasteiger partial charge in [0.25, 0.3) is 0 Å². The van der Waals surface area contributed by atoms with Crippen LogP contribution in [-0.2, 0) is 9.53 Å². The van der Waals surface area contributed by atoms with Crippen molar-refractivity contribution in [2.24, 2.45) is 5.73 Å². The molecule has 0 bridgehead atoms. The van der Waals surface area contributed by atoms with E-state index in [9.17, 15) is 4.79 Å². The number of ether oxygens (including phenoxy) is 1. The number of rotatable bonds is 1. The molecule has 2 N–H and O–H groups in total. The summed E-state index contributed by atoms with van der Waals surface area (Å²) in [6.45, 7) is -1.59. The van der Waals surface area contributed by atoms with Gasteiger partial charge in [0.2, 0.25) is 5.91 Å². The van der Waals surface area contributed by atoms with E-state index in [1.165, 1.54) is 4.90 Å². The minimum Gasteiger partial charge on any atom is -0.367 e. The first-order chi connectivity index (χ1) is 5.91. The fraction of sp³-hybridized carbons (Fsp3) is 0.833. The Morgan fingerprint density at radius 1 is 2.00 bits per heavy atom. The molecule has 0 spiro atoms. The first-order valence-electron chi connectivity index (χ1n) is 4.57. The number of nitrogens with zero attached hydrogens (tertiary/aromatic N) is 1. The van der Waals surface area contributed by atoms with E-state index >= 15 is 0 Å². The zero-order valence-electron chi connectivity index (χ0n) is 8.54. The van der Waals surface area contributed by atoms with Gasteiger partial charge in [-0.05, 0) is 6.98 Å². The molecule has 58 valence electrons. The number of likely N-dealkylation sites (N-methyl/N-ethyl adjacent to an activating group) is 1. The van der Waals surface area contributed by atoms with Gasteiger partial charge in [0.05, 0.1) is 6.61 Å². The van der Waals surface area contributed by atoms with Crippen molar-refractivity contribution in [3.05, 3.63) is 0 Å². The van der Waals surface area contributed by atoms with Crippen LogP contribution in [-0.4, -0.2) is 43.6 Å². The van der Waals surface area contributed by atoms with E-state index in [0.717, 1.165) is 0 Å². The number of carbonyl (C=O) groups is 1. The van der Waals surface area contributed by atoms with E-state index in [4.69, 9.17) is 14.6 Å². The molecule has 0 aromatic carbocycles. The van der Waals surface area contributed by atoms with Gasteiger partial charge in [0.15, 0.2) is 0 Å². The van der Waals surface area contributed by atoms with Gasteiger partial charge in [-0.15, -0.1) is 0 Å². The first kappa shape index (κ1) is 4.31. The summed E-state index contributed by atoms with van der Waals surface area (Å²) in [5.74, 6) is -0.617. The molecule has 1 saturated heterocycles. The summed E-state index contributed by atoms with van der Waals surface area (Å²) in [6.07, 6.45) is -0.797. The van der Waals surface area contributed by atoms with Crippen LogP contribution in [0, 0.1) is 0 Å². The molecule has 1 fully saturated rings. The molecule has 1 aliphatic heterocycles. The predicted octanol–water partition coefficient (Wildman–Crippen LogP) is -1.20. The minimum absolute atomic E-state index is 0.0475. The Morgan fingerprint density at radius 2 is 2.80 bits per heavy atom. The van der Waals surface area contributed by atoms with Gasteiger partial charge in [-0.3, -0.25) is 4.79 Å². The van der Waals surface area contributed by atoms with Gasteiger partial charge in [-0.25, -0.2) is 0 Å². The standard InChI is InChI=1S/C6H12N2O2/c1-8-2-3-10-5(4-8)6(7)9/h5H,2-4H2,1H3,(H2,7,9)/i1D3. The van der Waals surface area contributed by atoms with Gasteiger partial charge >= 0.3 is 0 Å². The SMILES string of the molecule is [2H]C([2H])([2H])N1CCOC(C(N)=O)C1. The van der Waals surface area contributed by atoms with Crippen molar-refractivity contribution in [3.8, 4) is 0 Å². The number of primary amides is 1. The lowest BCUT2D eigenvalue weighted by atomic mass is 10.3. The number of hydrogen-bond acceptors (Lipinski definition) is 3. The summed E-state index contributed by atoms with van der Waals surface area (Å²) in [4.78, 5) is 11.9. The summed E-state index contributed by atoms with van der Waals surface area (Å²) in [5, 5.41) is 0. The van der Waals surface area contributed by atoms with Gasteiger partial charge in [-0.2, -0.15) is 0 Å². The van der Waals surface area contributed by atoms with Crippen LogP contribution in [0.1, 0.15) is 4.11 Å². The largest absolute Gasteiger partial charge is 0.367 e. The number of amides is 1. The van der Waals surface area contributed by atoms with Crippen molar-refractivity contribution >= 4 is 5.91 Å². The average Bonchev–Trinajstić information content (AvgIpc) is 2.03. The summed E-state index contributed by atoms with van der Waals surface area (Å²) in [6, 6.07) is 0. The minimum atomic E-state index is -2.17. The third kappa shape index (κ3) is 1.68. The fourth-order valence-corrected chi connectivity index (χ4v) is 0.821. The van der Waals surface area contributed by atoms with Crippen LogP contribution in [0.15, 0.2) is 0 Å². The van der Waals surface area contributed by atoms with Crippen LogP contribution in [0.3, 0.4) is 0 Å². The zero-order valence-corrected chi connectivity index (χ0v) is 5.54. The Morgan fingerprint density at radius 3 is 3.40 bits per heavy atom. The Bertz CT molecular complexity index is 207. The first-order valence-corrected chi connectivity index (χ1v) is 3.07. The molecule has 0 aromatic heterocycles. The molecule has 0 radical (unpaired) electrons. The van der Waals surface area contributed by atoms with Crippen LogP contribution in [0.5, 0.6) is 0 Å². The second kappa shape index (κ2) is 2.98. The molecule has 0 aliphatic carbocycles. The maximum atomic E-state index is 10.7. The number of hydrogen-bond donors (Lipinski definition) is 1. The third-order valence-corrected chi connectivity index (χ3v) is 1.38. The Labute approximate surface area is 64.1 Å². The van der Waals surface area contributed by atoms with Crippen molar-refractivity contribution in [1.82, 2.24) is 4.90 Å². The van der Waals surface area contributed by atoms with E-state index in [2.05, 4.69) is 0 Å². The Hall–Kier alpha value is -0.610. The van der Waals surface area contributed by atoms with Crippen molar-refractivity contribution < 1.29 is 13.6 Å².